The monoisotopic (exact) mass is 300 g/mol. The maximum Gasteiger partial charge on any atom is 0.193 e. The number of aromatic nitrogens is 1. The van der Waals surface area contributed by atoms with Crippen molar-refractivity contribution in [1.82, 2.24) is 4.98 Å². The minimum absolute atomic E-state index is 0.322. The smallest absolute Gasteiger partial charge is 0.193 e. The molecule has 0 atom stereocenters. The van der Waals surface area contributed by atoms with Gasteiger partial charge in [0.25, 0.3) is 0 Å². The molecule has 3 N–H and O–H groups in total. The number of nitrogens with two attached hydrogens (primary N) is 1. The van der Waals surface area contributed by atoms with Crippen LogP contribution in [0, 0.1) is 0 Å². The van der Waals surface area contributed by atoms with Crippen molar-refractivity contribution >= 4 is 11.6 Å². The highest BCUT2D eigenvalue weighted by molar-refractivity contribution is 5.94. The maximum absolute atomic E-state index is 5.91. The second-order valence-electron chi connectivity index (χ2n) is 4.53. The molecule has 0 aliphatic heterocycles. The van der Waals surface area contributed by atoms with Gasteiger partial charge in [-0.2, -0.15) is 0 Å². The van der Waals surface area contributed by atoms with E-state index in [-0.39, 0.29) is 0 Å². The van der Waals surface area contributed by atoms with Crippen LogP contribution in [-0.2, 0) is 6.42 Å². The van der Waals surface area contributed by atoms with Crippen molar-refractivity contribution in [3.8, 4) is 11.5 Å². The van der Waals surface area contributed by atoms with Crippen LogP contribution in [0.1, 0.15) is 5.69 Å². The van der Waals surface area contributed by atoms with Crippen LogP contribution >= 0.6 is 0 Å². The number of pyridine rings is 1. The minimum Gasteiger partial charge on any atom is -0.497 e. The number of guanidine groups is 1. The largest absolute Gasteiger partial charge is 0.497 e. The Labute approximate surface area is 130 Å². The van der Waals surface area contributed by atoms with Gasteiger partial charge in [-0.25, -0.2) is 0 Å². The normalized spacial score (nSPS) is 11.1. The lowest BCUT2D eigenvalue weighted by Gasteiger charge is -2.12. The zero-order valence-corrected chi connectivity index (χ0v) is 12.7. The third kappa shape index (κ3) is 4.37. The second kappa shape index (κ2) is 7.87. The molecule has 0 amide bonds. The van der Waals surface area contributed by atoms with Gasteiger partial charge in [0, 0.05) is 30.9 Å². The fourth-order valence-corrected chi connectivity index (χ4v) is 1.93. The predicted molar refractivity (Wildman–Crippen MR) is 87.6 cm³/mol. The Morgan fingerprint density at radius 3 is 2.77 bits per heavy atom. The van der Waals surface area contributed by atoms with Crippen LogP contribution in [-0.4, -0.2) is 31.7 Å². The van der Waals surface area contributed by atoms with Crippen LogP contribution in [0.4, 0.5) is 5.69 Å². The van der Waals surface area contributed by atoms with Gasteiger partial charge in [0.2, 0.25) is 0 Å². The van der Waals surface area contributed by atoms with Crippen molar-refractivity contribution in [3.63, 3.8) is 0 Å². The van der Waals surface area contributed by atoms with E-state index in [0.29, 0.717) is 29.7 Å². The summed E-state index contributed by atoms with van der Waals surface area (Å²) in [5.74, 6) is 1.70. The molecule has 1 heterocycles. The molecule has 6 nitrogen and oxygen atoms in total. The maximum atomic E-state index is 5.91. The number of anilines is 1. The summed E-state index contributed by atoms with van der Waals surface area (Å²) in [5, 5.41) is 3.02. The van der Waals surface area contributed by atoms with Crippen LogP contribution in [0.3, 0.4) is 0 Å². The molecule has 22 heavy (non-hydrogen) atoms. The molecule has 2 rings (SSSR count). The van der Waals surface area contributed by atoms with Crippen molar-refractivity contribution in [2.24, 2.45) is 10.7 Å². The van der Waals surface area contributed by atoms with E-state index in [0.717, 1.165) is 12.1 Å². The zero-order chi connectivity index (χ0) is 15.8. The van der Waals surface area contributed by atoms with Gasteiger partial charge in [0.1, 0.15) is 11.5 Å². The lowest BCUT2D eigenvalue weighted by atomic mass is 10.2. The third-order valence-electron chi connectivity index (χ3n) is 3.05. The van der Waals surface area contributed by atoms with Crippen molar-refractivity contribution in [1.29, 1.82) is 0 Å². The summed E-state index contributed by atoms with van der Waals surface area (Å²) >= 11 is 0. The molecule has 0 unspecified atom stereocenters. The topological polar surface area (TPSA) is 81.8 Å². The third-order valence-corrected chi connectivity index (χ3v) is 3.05. The summed E-state index contributed by atoms with van der Waals surface area (Å²) < 4.78 is 10.5. The van der Waals surface area contributed by atoms with E-state index in [1.165, 1.54) is 0 Å². The molecule has 0 fully saturated rings. The average molecular weight is 300 g/mol. The number of nitrogens with zero attached hydrogens (tertiary/aromatic N) is 2. The van der Waals surface area contributed by atoms with Crippen molar-refractivity contribution < 1.29 is 9.47 Å². The van der Waals surface area contributed by atoms with E-state index < -0.39 is 0 Å². The number of hydrogen-bond acceptors (Lipinski definition) is 4. The molecular formula is C16H20N4O2. The van der Waals surface area contributed by atoms with Gasteiger partial charge in [-0.3, -0.25) is 9.98 Å². The Morgan fingerprint density at radius 1 is 1.23 bits per heavy atom. The minimum atomic E-state index is 0.322. The van der Waals surface area contributed by atoms with Gasteiger partial charge in [-0.1, -0.05) is 6.07 Å². The SMILES string of the molecule is COc1ccc(OC)c(NC(N)=NCCc2ccccn2)c1. The number of aliphatic imine (C=N–C) groups is 1. The molecule has 0 aliphatic carbocycles. The fourth-order valence-electron chi connectivity index (χ4n) is 1.93. The molecule has 116 valence electrons. The Balaban J connectivity index is 1.98. The standard InChI is InChI=1S/C16H20N4O2/c1-21-13-6-7-15(22-2)14(11-13)20-16(17)19-10-8-12-5-3-4-9-18-12/h3-7,9,11H,8,10H2,1-2H3,(H3,17,19,20). The van der Waals surface area contributed by atoms with Crippen molar-refractivity contribution in [2.75, 3.05) is 26.1 Å². The summed E-state index contributed by atoms with van der Waals surface area (Å²) in [6.07, 6.45) is 2.50. The van der Waals surface area contributed by atoms with Crippen LogP contribution in [0.15, 0.2) is 47.6 Å². The first-order valence-corrected chi connectivity index (χ1v) is 6.92. The van der Waals surface area contributed by atoms with Gasteiger partial charge in [-0.15, -0.1) is 0 Å². The Bertz CT molecular complexity index is 629. The molecule has 0 saturated carbocycles. The van der Waals surface area contributed by atoms with E-state index >= 15 is 0 Å². The molecule has 0 bridgehead atoms. The van der Waals surface area contributed by atoms with E-state index in [2.05, 4.69) is 15.3 Å². The van der Waals surface area contributed by atoms with Crippen molar-refractivity contribution in [3.05, 3.63) is 48.3 Å². The zero-order valence-electron chi connectivity index (χ0n) is 12.7. The van der Waals surface area contributed by atoms with Gasteiger partial charge >= 0.3 is 0 Å². The Hall–Kier alpha value is -2.76. The number of rotatable bonds is 6. The van der Waals surface area contributed by atoms with Gasteiger partial charge in [0.05, 0.1) is 19.9 Å². The summed E-state index contributed by atoms with van der Waals surface area (Å²) in [6, 6.07) is 11.2. The van der Waals surface area contributed by atoms with E-state index in [9.17, 15) is 0 Å². The fraction of sp³-hybridized carbons (Fsp3) is 0.250. The number of benzene rings is 1. The highest BCUT2D eigenvalue weighted by Gasteiger charge is 2.06. The van der Waals surface area contributed by atoms with Gasteiger partial charge in [-0.05, 0) is 24.3 Å². The lowest BCUT2D eigenvalue weighted by Crippen LogP contribution is -2.23. The lowest BCUT2D eigenvalue weighted by molar-refractivity contribution is 0.405. The molecule has 0 radical (unpaired) electrons. The van der Waals surface area contributed by atoms with Crippen LogP contribution in [0.2, 0.25) is 0 Å². The summed E-state index contributed by atoms with van der Waals surface area (Å²) in [7, 11) is 3.21. The van der Waals surface area contributed by atoms with E-state index in [4.69, 9.17) is 15.2 Å². The average Bonchev–Trinajstić information content (AvgIpc) is 2.55. The highest BCUT2D eigenvalue weighted by Crippen LogP contribution is 2.28. The van der Waals surface area contributed by atoms with E-state index in [1.807, 2.05) is 30.3 Å². The van der Waals surface area contributed by atoms with Crippen molar-refractivity contribution in [2.45, 2.75) is 6.42 Å². The molecule has 1 aromatic heterocycles. The van der Waals surface area contributed by atoms with Gasteiger partial charge in [0.15, 0.2) is 5.96 Å². The molecular weight excluding hydrogens is 280 g/mol. The summed E-state index contributed by atoms with van der Waals surface area (Å²) in [5.41, 5.74) is 7.60. The summed E-state index contributed by atoms with van der Waals surface area (Å²) in [6.45, 7) is 0.558. The summed E-state index contributed by atoms with van der Waals surface area (Å²) in [4.78, 5) is 8.54. The first-order chi connectivity index (χ1) is 10.7. The Kier molecular flexibility index (Phi) is 5.59. The highest BCUT2D eigenvalue weighted by atomic mass is 16.5. The first kappa shape index (κ1) is 15.6. The van der Waals surface area contributed by atoms with Crippen LogP contribution in [0.5, 0.6) is 11.5 Å². The molecule has 0 spiro atoms. The molecule has 0 saturated heterocycles. The molecule has 0 aliphatic rings. The molecule has 1 aromatic carbocycles. The first-order valence-electron chi connectivity index (χ1n) is 6.92. The second-order valence-corrected chi connectivity index (χ2v) is 4.53. The molecule has 2 aromatic rings. The number of hydrogen-bond donors (Lipinski definition) is 2. The van der Waals surface area contributed by atoms with Gasteiger partial charge < -0.3 is 20.5 Å². The predicted octanol–water partition coefficient (Wildman–Crippen LogP) is 2.07. The van der Waals surface area contributed by atoms with E-state index in [1.54, 1.807) is 26.5 Å². The molecule has 6 heteroatoms. The van der Waals surface area contributed by atoms with Crippen LogP contribution < -0.4 is 20.5 Å². The number of methoxy groups -OCH3 is 2. The van der Waals surface area contributed by atoms with Crippen LogP contribution in [0.25, 0.3) is 0 Å². The Morgan fingerprint density at radius 2 is 2.09 bits per heavy atom. The number of nitrogens with one attached hydrogen (secondary N) is 1. The number of ether oxygens (including phenoxy) is 2. The quantitative estimate of drug-likeness (QED) is 0.630.